The molecule has 0 radical (unpaired) electrons. The molecule has 0 saturated carbocycles. The maximum atomic E-state index is 13.3. The number of thiophene rings is 1. The molecule has 0 atom stereocenters. The lowest BCUT2D eigenvalue weighted by molar-refractivity contribution is 0.0827. The van der Waals surface area contributed by atoms with Crippen molar-refractivity contribution in [1.29, 1.82) is 0 Å². The molecule has 2 heterocycles. The van der Waals surface area contributed by atoms with Gasteiger partial charge in [-0.1, -0.05) is 30.3 Å². The number of fused-ring (bicyclic) bond motifs is 1. The monoisotopic (exact) mass is 614 g/mol. The van der Waals surface area contributed by atoms with Gasteiger partial charge in [0.1, 0.15) is 5.00 Å². The minimum Gasteiger partial charge on any atom is -0.383 e. The lowest BCUT2D eigenvalue weighted by atomic mass is 10.0. The predicted octanol–water partition coefficient (Wildman–Crippen LogP) is 3.54. The van der Waals surface area contributed by atoms with Crippen molar-refractivity contribution in [3.05, 3.63) is 81.7 Å². The molecule has 1 aliphatic rings. The van der Waals surface area contributed by atoms with Crippen molar-refractivity contribution in [2.24, 2.45) is 0 Å². The van der Waals surface area contributed by atoms with Gasteiger partial charge >= 0.3 is 0 Å². The molecule has 0 bridgehead atoms. The van der Waals surface area contributed by atoms with Crippen molar-refractivity contribution in [3.8, 4) is 0 Å². The lowest BCUT2D eigenvalue weighted by Crippen LogP contribution is -2.36. The molecule has 3 aromatic rings. The molecule has 0 unspecified atom stereocenters. The minimum absolute atomic E-state index is 0.0693. The predicted molar refractivity (Wildman–Crippen MR) is 164 cm³/mol. The van der Waals surface area contributed by atoms with E-state index in [-0.39, 0.29) is 42.7 Å². The Bertz CT molecular complexity index is 1470. The van der Waals surface area contributed by atoms with Crippen molar-refractivity contribution in [2.45, 2.75) is 24.4 Å². The van der Waals surface area contributed by atoms with Crippen molar-refractivity contribution >= 4 is 38.2 Å². The van der Waals surface area contributed by atoms with E-state index >= 15 is 0 Å². The van der Waals surface area contributed by atoms with Gasteiger partial charge in [0.2, 0.25) is 10.0 Å². The van der Waals surface area contributed by atoms with E-state index in [4.69, 9.17) is 9.47 Å². The summed E-state index contributed by atoms with van der Waals surface area (Å²) in [4.78, 5) is 31.5. The number of methoxy groups -OCH3 is 2. The minimum atomic E-state index is -3.82. The number of anilines is 1. The fraction of sp³-hybridized carbons (Fsp3) is 0.400. The van der Waals surface area contributed by atoms with Gasteiger partial charge < -0.3 is 19.7 Å². The molecular weight excluding hydrogens is 576 g/mol. The number of carbonyl (C=O) groups excluding carboxylic acids is 2. The molecule has 4 rings (SSSR count). The van der Waals surface area contributed by atoms with Crippen LogP contribution in [0.4, 0.5) is 5.00 Å². The average molecular weight is 615 g/mol. The highest BCUT2D eigenvalue weighted by atomic mass is 32.2. The van der Waals surface area contributed by atoms with Crippen LogP contribution in [0.3, 0.4) is 0 Å². The Morgan fingerprint density at radius 3 is 2.21 bits per heavy atom. The van der Waals surface area contributed by atoms with Gasteiger partial charge in [-0.3, -0.25) is 14.5 Å². The second-order valence-corrected chi connectivity index (χ2v) is 13.3. The van der Waals surface area contributed by atoms with Crippen LogP contribution in [-0.4, -0.2) is 95.5 Å². The van der Waals surface area contributed by atoms with Gasteiger partial charge in [0, 0.05) is 71.5 Å². The van der Waals surface area contributed by atoms with Gasteiger partial charge in [0.05, 0.1) is 23.7 Å². The first kappa shape index (κ1) is 31.8. The molecule has 0 spiro atoms. The van der Waals surface area contributed by atoms with Gasteiger partial charge in [-0.25, -0.2) is 8.42 Å². The van der Waals surface area contributed by atoms with Crippen LogP contribution in [0.2, 0.25) is 0 Å². The summed E-state index contributed by atoms with van der Waals surface area (Å²) in [5, 5.41) is 3.45. The highest BCUT2D eigenvalue weighted by Crippen LogP contribution is 2.38. The fourth-order valence-electron chi connectivity index (χ4n) is 4.81. The van der Waals surface area contributed by atoms with Gasteiger partial charge in [-0.05, 0) is 41.8 Å². The number of hydrogen-bond acceptors (Lipinski definition) is 8. The number of ether oxygens (including phenoxy) is 2. The normalized spacial score (nSPS) is 13.6. The summed E-state index contributed by atoms with van der Waals surface area (Å²) in [6, 6.07) is 16.1. The topological polar surface area (TPSA) is 108 Å². The van der Waals surface area contributed by atoms with Gasteiger partial charge in [-0.15, -0.1) is 11.3 Å². The lowest BCUT2D eigenvalue weighted by Gasteiger charge is -2.27. The van der Waals surface area contributed by atoms with E-state index in [1.165, 1.54) is 64.6 Å². The number of nitrogens with one attached hydrogen (secondary N) is 1. The molecule has 0 aliphatic carbocycles. The fourth-order valence-corrected chi connectivity index (χ4v) is 7.50. The van der Waals surface area contributed by atoms with Gasteiger partial charge in [0.25, 0.3) is 11.8 Å². The van der Waals surface area contributed by atoms with Crippen LogP contribution in [0.5, 0.6) is 0 Å². The first-order chi connectivity index (χ1) is 20.1. The zero-order chi connectivity index (χ0) is 30.3. The van der Waals surface area contributed by atoms with E-state index < -0.39 is 15.9 Å². The zero-order valence-corrected chi connectivity index (χ0v) is 26.1. The second-order valence-electron chi connectivity index (χ2n) is 10.2. The number of amides is 2. The van der Waals surface area contributed by atoms with Crippen molar-refractivity contribution < 1.29 is 27.5 Å². The molecule has 10 nitrogen and oxygen atoms in total. The first-order valence-electron chi connectivity index (χ1n) is 13.7. The van der Waals surface area contributed by atoms with Crippen LogP contribution >= 0.6 is 11.3 Å². The first-order valence-corrected chi connectivity index (χ1v) is 15.9. The quantitative estimate of drug-likeness (QED) is 0.314. The molecule has 2 amide bonds. The van der Waals surface area contributed by atoms with Crippen LogP contribution in [0.1, 0.15) is 36.7 Å². The van der Waals surface area contributed by atoms with Gasteiger partial charge in [-0.2, -0.15) is 4.31 Å². The molecule has 1 aliphatic heterocycles. The Balaban J connectivity index is 1.54. The maximum absolute atomic E-state index is 13.3. The van der Waals surface area contributed by atoms with Crippen LogP contribution in [-0.2, 0) is 39.0 Å². The van der Waals surface area contributed by atoms with Crippen LogP contribution in [0.15, 0.2) is 59.5 Å². The Morgan fingerprint density at radius 1 is 0.976 bits per heavy atom. The van der Waals surface area contributed by atoms with Crippen molar-refractivity contribution in [1.82, 2.24) is 14.1 Å². The van der Waals surface area contributed by atoms with E-state index in [2.05, 4.69) is 22.3 Å². The molecule has 0 saturated heterocycles. The second kappa shape index (κ2) is 14.4. The maximum Gasteiger partial charge on any atom is 0.256 e. The summed E-state index contributed by atoms with van der Waals surface area (Å²) in [7, 11) is 2.60. The Kier molecular flexibility index (Phi) is 10.9. The number of benzene rings is 2. The highest BCUT2D eigenvalue weighted by Gasteiger charge is 2.30. The van der Waals surface area contributed by atoms with Crippen molar-refractivity contribution in [2.75, 3.05) is 66.5 Å². The van der Waals surface area contributed by atoms with Crippen LogP contribution in [0, 0.1) is 0 Å². The van der Waals surface area contributed by atoms with E-state index in [9.17, 15) is 18.0 Å². The number of sulfonamides is 1. The zero-order valence-electron chi connectivity index (χ0n) is 24.5. The summed E-state index contributed by atoms with van der Waals surface area (Å²) in [6.07, 6.45) is 0.707. The molecule has 42 heavy (non-hydrogen) atoms. The molecule has 1 aromatic heterocycles. The Labute approximate surface area is 251 Å². The molecule has 1 N–H and O–H groups in total. The molecular formula is C30H38N4O6S2. The van der Waals surface area contributed by atoms with E-state index in [1.807, 2.05) is 18.2 Å². The van der Waals surface area contributed by atoms with Crippen molar-refractivity contribution in [3.63, 3.8) is 0 Å². The smallest absolute Gasteiger partial charge is 0.256 e. The average Bonchev–Trinajstić information content (AvgIpc) is 3.33. The molecule has 12 heteroatoms. The summed E-state index contributed by atoms with van der Waals surface area (Å²) < 4.78 is 37.9. The molecule has 2 aromatic carbocycles. The number of carbonyl (C=O) groups is 2. The van der Waals surface area contributed by atoms with E-state index in [0.717, 1.165) is 23.5 Å². The third-order valence-corrected chi connectivity index (χ3v) is 10.1. The SMILES string of the molecule is COCCN(CCOC)S(=O)(=O)c1ccc(C(=O)Nc2sc3c(c2C(=O)N(C)C)CCN(Cc2ccccc2)C3)cc1. The number of hydrogen-bond donors (Lipinski definition) is 1. The summed E-state index contributed by atoms with van der Waals surface area (Å²) in [5.41, 5.74) is 3.02. The highest BCUT2D eigenvalue weighted by molar-refractivity contribution is 7.89. The van der Waals surface area contributed by atoms with E-state index in [0.29, 0.717) is 23.5 Å². The summed E-state index contributed by atoms with van der Waals surface area (Å²) in [6.45, 7) is 3.14. The van der Waals surface area contributed by atoms with Crippen LogP contribution in [0.25, 0.3) is 0 Å². The van der Waals surface area contributed by atoms with E-state index in [1.54, 1.807) is 14.1 Å². The third-order valence-electron chi connectivity index (χ3n) is 7.08. The third kappa shape index (κ3) is 7.44. The number of nitrogens with zero attached hydrogens (tertiary/aromatic N) is 3. The largest absolute Gasteiger partial charge is 0.383 e. The number of rotatable bonds is 13. The summed E-state index contributed by atoms with van der Waals surface area (Å²) in [5.74, 6) is -0.574. The standard InChI is InChI=1S/C30H38N4O6S2/c1-32(2)30(36)27-25-14-15-33(20-22-8-6-5-7-9-22)21-26(25)41-29(27)31-28(35)23-10-12-24(13-11-23)42(37,38)34(16-18-39-3)17-19-40-4/h5-13H,14-21H2,1-4H3,(H,31,35). The Hall–Kier alpha value is -3.13. The van der Waals surface area contributed by atoms with Gasteiger partial charge in [0.15, 0.2) is 0 Å². The molecule has 0 fully saturated rings. The molecule has 226 valence electrons. The van der Waals surface area contributed by atoms with Crippen LogP contribution < -0.4 is 5.32 Å². The summed E-state index contributed by atoms with van der Waals surface area (Å²) >= 11 is 1.42. The Morgan fingerprint density at radius 2 is 1.62 bits per heavy atom.